The van der Waals surface area contributed by atoms with Gasteiger partial charge in [0.15, 0.2) is 0 Å². The molecule has 2 aliphatic carbocycles. The molecule has 0 amide bonds. The van der Waals surface area contributed by atoms with Crippen molar-refractivity contribution in [3.63, 3.8) is 0 Å². The number of rotatable bonds is 1. The summed E-state index contributed by atoms with van der Waals surface area (Å²) < 4.78 is 0. The highest BCUT2D eigenvalue weighted by Gasteiger charge is 2.50. The number of aliphatic hydroxyl groups is 1. The predicted octanol–water partition coefficient (Wildman–Crippen LogP) is 4.25. The highest BCUT2D eigenvalue weighted by molar-refractivity contribution is 5.00. The Morgan fingerprint density at radius 2 is 1.88 bits per heavy atom. The van der Waals surface area contributed by atoms with Crippen LogP contribution >= 0.6 is 0 Å². The Morgan fingerprint density at radius 3 is 2.47 bits per heavy atom. The van der Waals surface area contributed by atoms with Crippen molar-refractivity contribution < 1.29 is 5.11 Å². The molecule has 0 saturated heterocycles. The largest absolute Gasteiger partial charge is 0.393 e. The molecule has 0 bridgehead atoms. The topological polar surface area (TPSA) is 20.2 Å². The van der Waals surface area contributed by atoms with Crippen LogP contribution < -0.4 is 0 Å². The third-order valence-electron chi connectivity index (χ3n) is 6.37. The molecular formula is C16H30O. The van der Waals surface area contributed by atoms with Gasteiger partial charge in [-0.05, 0) is 54.8 Å². The molecule has 2 saturated carbocycles. The van der Waals surface area contributed by atoms with Crippen LogP contribution in [0.25, 0.3) is 0 Å². The first kappa shape index (κ1) is 13.4. The SMILES string of the molecule is C[C@@H](O)[C@]1(C)C[C@@H]2[C@H](CCCC2(C)C)C[C@@H]1C. The van der Waals surface area contributed by atoms with E-state index in [0.29, 0.717) is 11.3 Å². The molecule has 1 N–H and O–H groups in total. The van der Waals surface area contributed by atoms with Gasteiger partial charge in [-0.1, -0.05) is 40.5 Å². The van der Waals surface area contributed by atoms with Crippen molar-refractivity contribution in [2.45, 2.75) is 72.8 Å². The van der Waals surface area contributed by atoms with Crippen molar-refractivity contribution >= 4 is 0 Å². The van der Waals surface area contributed by atoms with Crippen molar-refractivity contribution in [2.75, 3.05) is 0 Å². The molecule has 0 unspecified atom stereocenters. The smallest absolute Gasteiger partial charge is 0.0568 e. The maximum atomic E-state index is 10.2. The fraction of sp³-hybridized carbons (Fsp3) is 1.00. The number of hydrogen-bond donors (Lipinski definition) is 1. The zero-order valence-corrected chi connectivity index (χ0v) is 12.3. The van der Waals surface area contributed by atoms with Crippen LogP contribution in [-0.2, 0) is 0 Å². The molecule has 2 fully saturated rings. The number of fused-ring (bicyclic) bond motifs is 1. The minimum atomic E-state index is -0.170. The lowest BCUT2D eigenvalue weighted by molar-refractivity contribution is -0.0951. The lowest BCUT2D eigenvalue weighted by Crippen LogP contribution is -2.49. The van der Waals surface area contributed by atoms with Crippen LogP contribution in [0.2, 0.25) is 0 Å². The summed E-state index contributed by atoms with van der Waals surface area (Å²) in [4.78, 5) is 0. The zero-order chi connectivity index (χ0) is 12.8. The van der Waals surface area contributed by atoms with Gasteiger partial charge in [-0.2, -0.15) is 0 Å². The third-order valence-corrected chi connectivity index (χ3v) is 6.37. The summed E-state index contributed by atoms with van der Waals surface area (Å²) in [5.41, 5.74) is 0.620. The normalized spacial score (nSPS) is 47.3. The molecule has 1 heteroatoms. The van der Waals surface area contributed by atoms with Crippen LogP contribution in [0.3, 0.4) is 0 Å². The average Bonchev–Trinajstić information content (AvgIpc) is 2.21. The number of hydrogen-bond acceptors (Lipinski definition) is 1. The van der Waals surface area contributed by atoms with E-state index in [9.17, 15) is 5.11 Å². The molecule has 0 aromatic rings. The van der Waals surface area contributed by atoms with E-state index in [1.54, 1.807) is 0 Å². The minimum Gasteiger partial charge on any atom is -0.393 e. The summed E-state index contributed by atoms with van der Waals surface area (Å²) in [5.74, 6) is 2.41. The maximum absolute atomic E-state index is 10.2. The summed E-state index contributed by atoms with van der Waals surface area (Å²) in [7, 11) is 0. The second kappa shape index (κ2) is 4.26. The van der Waals surface area contributed by atoms with Crippen molar-refractivity contribution in [3.8, 4) is 0 Å². The summed E-state index contributed by atoms with van der Waals surface area (Å²) in [5, 5.41) is 10.2. The van der Waals surface area contributed by atoms with Gasteiger partial charge in [-0.25, -0.2) is 0 Å². The Labute approximate surface area is 107 Å². The van der Waals surface area contributed by atoms with Crippen LogP contribution in [0.15, 0.2) is 0 Å². The van der Waals surface area contributed by atoms with E-state index < -0.39 is 0 Å². The van der Waals surface area contributed by atoms with Crippen LogP contribution in [0.1, 0.15) is 66.7 Å². The molecule has 2 aliphatic rings. The monoisotopic (exact) mass is 238 g/mol. The Kier molecular flexibility index (Phi) is 3.36. The fourth-order valence-electron chi connectivity index (χ4n) is 4.55. The Bertz CT molecular complexity index is 281. The van der Waals surface area contributed by atoms with Crippen molar-refractivity contribution in [2.24, 2.45) is 28.6 Å². The van der Waals surface area contributed by atoms with Gasteiger partial charge in [0.05, 0.1) is 6.10 Å². The Hall–Kier alpha value is -0.0400. The van der Waals surface area contributed by atoms with Crippen LogP contribution in [0.4, 0.5) is 0 Å². The molecule has 0 aromatic heterocycles. The lowest BCUT2D eigenvalue weighted by atomic mass is 9.50. The van der Waals surface area contributed by atoms with E-state index in [0.717, 1.165) is 11.8 Å². The maximum Gasteiger partial charge on any atom is 0.0568 e. The van der Waals surface area contributed by atoms with E-state index in [2.05, 4.69) is 27.7 Å². The van der Waals surface area contributed by atoms with Gasteiger partial charge in [0.2, 0.25) is 0 Å². The highest BCUT2D eigenvalue weighted by Crippen LogP contribution is 2.57. The molecule has 100 valence electrons. The summed E-state index contributed by atoms with van der Waals surface area (Å²) in [6.07, 6.45) is 6.59. The number of aliphatic hydroxyl groups excluding tert-OH is 1. The van der Waals surface area contributed by atoms with Crippen molar-refractivity contribution in [1.29, 1.82) is 0 Å². The van der Waals surface area contributed by atoms with E-state index >= 15 is 0 Å². The molecule has 2 rings (SSSR count). The van der Waals surface area contributed by atoms with Gasteiger partial charge < -0.3 is 5.11 Å². The van der Waals surface area contributed by atoms with Gasteiger partial charge in [0, 0.05) is 0 Å². The quantitative estimate of drug-likeness (QED) is 0.724. The van der Waals surface area contributed by atoms with Crippen LogP contribution in [0, 0.1) is 28.6 Å². The van der Waals surface area contributed by atoms with E-state index in [4.69, 9.17) is 0 Å². The molecule has 5 atom stereocenters. The highest BCUT2D eigenvalue weighted by atomic mass is 16.3. The van der Waals surface area contributed by atoms with Crippen LogP contribution in [0.5, 0.6) is 0 Å². The van der Waals surface area contributed by atoms with E-state index in [-0.39, 0.29) is 11.5 Å². The molecule has 0 spiro atoms. The molecule has 0 radical (unpaired) electrons. The van der Waals surface area contributed by atoms with E-state index in [1.165, 1.54) is 32.1 Å². The standard InChI is InChI=1S/C16H30O/c1-11-9-13-7-6-8-15(3,4)14(13)10-16(11,5)12(2)17/h11-14,17H,6-10H2,1-5H3/t11-,12+,13+,14+,16+/m0/s1. The van der Waals surface area contributed by atoms with Gasteiger partial charge in [0.1, 0.15) is 0 Å². The Balaban J connectivity index is 2.23. The minimum absolute atomic E-state index is 0.135. The summed E-state index contributed by atoms with van der Waals surface area (Å²) >= 11 is 0. The molecular weight excluding hydrogens is 208 g/mol. The van der Waals surface area contributed by atoms with Gasteiger partial charge in [-0.15, -0.1) is 0 Å². The lowest BCUT2D eigenvalue weighted by Gasteiger charge is -2.55. The second-order valence-electron chi connectivity index (χ2n) is 7.77. The van der Waals surface area contributed by atoms with Gasteiger partial charge >= 0.3 is 0 Å². The fourth-order valence-corrected chi connectivity index (χ4v) is 4.55. The first-order valence-corrected chi connectivity index (χ1v) is 7.45. The van der Waals surface area contributed by atoms with Crippen molar-refractivity contribution in [3.05, 3.63) is 0 Å². The van der Waals surface area contributed by atoms with Gasteiger partial charge in [0.25, 0.3) is 0 Å². The second-order valence-corrected chi connectivity index (χ2v) is 7.77. The first-order chi connectivity index (χ1) is 7.77. The Morgan fingerprint density at radius 1 is 1.24 bits per heavy atom. The average molecular weight is 238 g/mol. The van der Waals surface area contributed by atoms with Crippen LogP contribution in [-0.4, -0.2) is 11.2 Å². The molecule has 0 aromatic carbocycles. The molecule has 1 nitrogen and oxygen atoms in total. The van der Waals surface area contributed by atoms with Crippen molar-refractivity contribution in [1.82, 2.24) is 0 Å². The first-order valence-electron chi connectivity index (χ1n) is 7.45. The van der Waals surface area contributed by atoms with Gasteiger partial charge in [-0.3, -0.25) is 0 Å². The predicted molar refractivity (Wildman–Crippen MR) is 72.8 cm³/mol. The van der Waals surface area contributed by atoms with E-state index in [1.807, 2.05) is 6.92 Å². The summed E-state index contributed by atoms with van der Waals surface area (Å²) in [6, 6.07) is 0. The zero-order valence-electron chi connectivity index (χ0n) is 12.3. The summed E-state index contributed by atoms with van der Waals surface area (Å²) in [6.45, 7) is 11.5. The molecule has 17 heavy (non-hydrogen) atoms. The third kappa shape index (κ3) is 2.16. The molecule has 0 aliphatic heterocycles. The molecule has 0 heterocycles.